The van der Waals surface area contributed by atoms with Crippen molar-refractivity contribution in [3.8, 4) is 0 Å². The van der Waals surface area contributed by atoms with Crippen LogP contribution in [-0.4, -0.2) is 12.7 Å². The molecule has 1 saturated carbocycles. The highest BCUT2D eigenvalue weighted by Gasteiger charge is 2.32. The number of rotatable bonds is 5. The van der Waals surface area contributed by atoms with E-state index < -0.39 is 18.6 Å². The van der Waals surface area contributed by atoms with Crippen LogP contribution in [0.1, 0.15) is 43.7 Å². The van der Waals surface area contributed by atoms with Crippen LogP contribution in [-0.2, 0) is 0 Å². The highest BCUT2D eigenvalue weighted by Crippen LogP contribution is 2.30. The topological polar surface area (TPSA) is 12.0 Å². The smallest absolute Gasteiger partial charge is 0.309 e. The number of alkyl halides is 3. The van der Waals surface area contributed by atoms with Gasteiger partial charge in [-0.05, 0) is 30.9 Å². The molecule has 0 bridgehead atoms. The highest BCUT2D eigenvalue weighted by molar-refractivity contribution is 5.19. The van der Waals surface area contributed by atoms with Crippen molar-refractivity contribution in [2.75, 3.05) is 6.54 Å². The van der Waals surface area contributed by atoms with E-state index in [1.54, 1.807) is 24.3 Å². The van der Waals surface area contributed by atoms with E-state index in [9.17, 15) is 13.2 Å². The van der Waals surface area contributed by atoms with Crippen LogP contribution in [0, 0.1) is 5.92 Å². The van der Waals surface area contributed by atoms with E-state index >= 15 is 0 Å². The van der Waals surface area contributed by atoms with Crippen molar-refractivity contribution >= 4 is 0 Å². The minimum absolute atomic E-state index is 0.541. The van der Waals surface area contributed by atoms with Crippen LogP contribution in [0.4, 0.5) is 13.2 Å². The fourth-order valence-electron chi connectivity index (χ4n) is 2.75. The Kier molecular flexibility index (Phi) is 4.86. The maximum Gasteiger partial charge on any atom is 0.390 e. The summed E-state index contributed by atoms with van der Waals surface area (Å²) in [5.74, 6) is 0.541. The summed E-state index contributed by atoms with van der Waals surface area (Å²) in [5.41, 5.74) is 0.720. The predicted molar refractivity (Wildman–Crippen MR) is 69.8 cm³/mol. The molecule has 1 N–H and O–H groups in total. The molecular weight excluding hydrogens is 251 g/mol. The Bertz CT molecular complexity index is 369. The Labute approximate surface area is 112 Å². The summed E-state index contributed by atoms with van der Waals surface area (Å²) in [5, 5.41) is 3.11. The Morgan fingerprint density at radius 3 is 2.32 bits per heavy atom. The third-order valence-corrected chi connectivity index (χ3v) is 3.77. The minimum atomic E-state index is -4.14. The van der Waals surface area contributed by atoms with Gasteiger partial charge in [0.1, 0.15) is 0 Å². The van der Waals surface area contributed by atoms with Crippen molar-refractivity contribution in [1.82, 2.24) is 5.32 Å². The maximum absolute atomic E-state index is 12.7. The lowest BCUT2D eigenvalue weighted by molar-refractivity contribution is -0.140. The second kappa shape index (κ2) is 6.42. The summed E-state index contributed by atoms with van der Waals surface area (Å²) in [6.07, 6.45) is -0.239. The summed E-state index contributed by atoms with van der Waals surface area (Å²) < 4.78 is 38.0. The number of halogens is 3. The number of hydrogen-bond acceptors (Lipinski definition) is 1. The lowest BCUT2D eigenvalue weighted by atomic mass is 10.0. The van der Waals surface area contributed by atoms with Gasteiger partial charge in [0.05, 0.1) is 6.42 Å². The first-order chi connectivity index (χ1) is 9.04. The van der Waals surface area contributed by atoms with Gasteiger partial charge in [-0.25, -0.2) is 0 Å². The van der Waals surface area contributed by atoms with Gasteiger partial charge in [0.2, 0.25) is 0 Å². The number of hydrogen-bond donors (Lipinski definition) is 1. The first-order valence-corrected chi connectivity index (χ1v) is 6.90. The first kappa shape index (κ1) is 14.4. The molecular formula is C15H20F3N. The van der Waals surface area contributed by atoms with Crippen molar-refractivity contribution in [1.29, 1.82) is 0 Å². The van der Waals surface area contributed by atoms with Crippen molar-refractivity contribution in [3.05, 3.63) is 35.9 Å². The fourth-order valence-corrected chi connectivity index (χ4v) is 2.75. The third-order valence-electron chi connectivity index (χ3n) is 3.77. The van der Waals surface area contributed by atoms with Crippen LogP contribution >= 0.6 is 0 Å². The molecule has 0 aromatic heterocycles. The largest absolute Gasteiger partial charge is 0.390 e. The van der Waals surface area contributed by atoms with E-state index in [4.69, 9.17) is 0 Å². The van der Waals surface area contributed by atoms with Crippen molar-refractivity contribution < 1.29 is 13.2 Å². The summed E-state index contributed by atoms with van der Waals surface area (Å²) in [6, 6.07) is 8.30. The molecule has 0 heterocycles. The van der Waals surface area contributed by atoms with Crippen LogP contribution in [0.25, 0.3) is 0 Å². The molecule has 19 heavy (non-hydrogen) atoms. The van der Waals surface area contributed by atoms with E-state index in [-0.39, 0.29) is 0 Å². The van der Waals surface area contributed by atoms with Crippen molar-refractivity contribution in [2.45, 2.75) is 44.3 Å². The first-order valence-electron chi connectivity index (χ1n) is 6.90. The predicted octanol–water partition coefficient (Wildman–Crippen LogP) is 4.46. The van der Waals surface area contributed by atoms with Gasteiger partial charge in [-0.2, -0.15) is 13.2 Å². The normalized spacial score (nSPS) is 18.7. The highest BCUT2D eigenvalue weighted by atomic mass is 19.4. The van der Waals surface area contributed by atoms with Crippen LogP contribution in [0.3, 0.4) is 0 Å². The lowest BCUT2D eigenvalue weighted by Crippen LogP contribution is -2.30. The van der Waals surface area contributed by atoms with Gasteiger partial charge in [-0.1, -0.05) is 43.2 Å². The van der Waals surface area contributed by atoms with Gasteiger partial charge in [0.25, 0.3) is 0 Å². The van der Waals surface area contributed by atoms with Crippen LogP contribution in [0.5, 0.6) is 0 Å². The van der Waals surface area contributed by atoms with Gasteiger partial charge < -0.3 is 5.32 Å². The molecule has 2 rings (SSSR count). The molecule has 1 unspecified atom stereocenters. The molecule has 0 saturated heterocycles. The summed E-state index contributed by atoms with van der Waals surface area (Å²) in [7, 11) is 0. The van der Waals surface area contributed by atoms with Gasteiger partial charge in [-0.15, -0.1) is 0 Å². The quantitative estimate of drug-likeness (QED) is 0.833. The average Bonchev–Trinajstić information content (AvgIpc) is 2.87. The monoisotopic (exact) mass is 271 g/mol. The Hall–Kier alpha value is -1.03. The van der Waals surface area contributed by atoms with E-state index in [1.807, 2.05) is 6.07 Å². The average molecular weight is 271 g/mol. The molecule has 1 atom stereocenters. The molecule has 0 amide bonds. The Morgan fingerprint density at radius 2 is 1.74 bits per heavy atom. The molecule has 0 spiro atoms. The van der Waals surface area contributed by atoms with Crippen molar-refractivity contribution in [2.24, 2.45) is 5.92 Å². The molecule has 1 aromatic carbocycles. The molecule has 1 aliphatic carbocycles. The molecule has 1 fully saturated rings. The molecule has 0 radical (unpaired) electrons. The summed E-state index contributed by atoms with van der Waals surface area (Å²) in [4.78, 5) is 0. The minimum Gasteiger partial charge on any atom is -0.309 e. The van der Waals surface area contributed by atoms with Crippen LogP contribution in [0.15, 0.2) is 30.3 Å². The molecule has 1 aliphatic rings. The second-order valence-corrected chi connectivity index (χ2v) is 5.34. The fraction of sp³-hybridized carbons (Fsp3) is 0.600. The van der Waals surface area contributed by atoms with Crippen molar-refractivity contribution in [3.63, 3.8) is 0 Å². The molecule has 1 aromatic rings. The summed E-state index contributed by atoms with van der Waals surface area (Å²) >= 11 is 0. The second-order valence-electron chi connectivity index (χ2n) is 5.34. The number of benzene rings is 1. The number of nitrogens with one attached hydrogen (secondary N) is 1. The zero-order chi connectivity index (χ0) is 13.7. The zero-order valence-electron chi connectivity index (χ0n) is 10.9. The van der Waals surface area contributed by atoms with E-state index in [0.717, 1.165) is 18.4 Å². The SMILES string of the molecule is FC(F)(F)CC(NCC1CCCC1)c1ccccc1. The van der Waals surface area contributed by atoms with Gasteiger partial charge in [0, 0.05) is 6.04 Å². The maximum atomic E-state index is 12.7. The summed E-state index contributed by atoms with van der Waals surface area (Å²) in [6.45, 7) is 0.690. The molecule has 4 heteroatoms. The Balaban J connectivity index is 1.97. The third kappa shape index (κ3) is 4.86. The van der Waals surface area contributed by atoms with Crippen LogP contribution < -0.4 is 5.32 Å². The van der Waals surface area contributed by atoms with Gasteiger partial charge in [-0.3, -0.25) is 0 Å². The molecule has 1 nitrogen and oxygen atoms in total. The standard InChI is InChI=1S/C15H20F3N/c16-15(17,18)10-14(13-8-2-1-3-9-13)19-11-12-6-4-5-7-12/h1-3,8-9,12,14,19H,4-7,10-11H2. The van der Waals surface area contributed by atoms with E-state index in [2.05, 4.69) is 5.32 Å². The van der Waals surface area contributed by atoms with E-state index in [0.29, 0.717) is 12.5 Å². The zero-order valence-corrected chi connectivity index (χ0v) is 10.9. The lowest BCUT2D eigenvalue weighted by Gasteiger charge is -2.22. The molecule has 106 valence electrons. The van der Waals surface area contributed by atoms with Gasteiger partial charge >= 0.3 is 6.18 Å². The molecule has 0 aliphatic heterocycles. The van der Waals surface area contributed by atoms with E-state index in [1.165, 1.54) is 12.8 Å². The van der Waals surface area contributed by atoms with Gasteiger partial charge in [0.15, 0.2) is 0 Å². The van der Waals surface area contributed by atoms with Crippen LogP contribution in [0.2, 0.25) is 0 Å². The Morgan fingerprint density at radius 1 is 1.11 bits per heavy atom.